The third-order valence-corrected chi connectivity index (χ3v) is 10.3. The summed E-state index contributed by atoms with van der Waals surface area (Å²) in [6, 6.07) is -1.71. The fraction of sp³-hybridized carbons (Fsp3) is 0.733. The van der Waals surface area contributed by atoms with Gasteiger partial charge in [0.25, 0.3) is 0 Å². The minimum absolute atomic E-state index is 0.00642. The van der Waals surface area contributed by atoms with E-state index in [2.05, 4.69) is 0 Å². The molecular formula is C45H78N4O13. The number of amides is 1. The number of methoxy groups -OCH3 is 2. The zero-order valence-electron chi connectivity index (χ0n) is 39.9. The summed E-state index contributed by atoms with van der Waals surface area (Å²) in [4.78, 5) is 81.1. The van der Waals surface area contributed by atoms with Gasteiger partial charge in [0.2, 0.25) is 6.41 Å². The van der Waals surface area contributed by atoms with Crippen molar-refractivity contribution in [2.75, 3.05) is 90.0 Å². The number of hydrogen-bond acceptors (Lipinski definition) is 16. The van der Waals surface area contributed by atoms with Gasteiger partial charge in [-0.2, -0.15) is 0 Å². The molecule has 0 spiro atoms. The topological polar surface area (TPSA) is 180 Å². The van der Waals surface area contributed by atoms with Gasteiger partial charge in [-0.15, -0.1) is 0 Å². The molecule has 0 aromatic rings. The van der Waals surface area contributed by atoms with E-state index in [1.807, 2.05) is 20.8 Å². The average Bonchev–Trinajstić information content (AvgIpc) is 3.21. The first-order chi connectivity index (χ1) is 29.2. The van der Waals surface area contributed by atoms with Gasteiger partial charge >= 0.3 is 29.8 Å². The Kier molecular flexibility index (Phi) is 30.3. The van der Waals surface area contributed by atoms with Gasteiger partial charge < -0.3 is 38.1 Å². The van der Waals surface area contributed by atoms with Crippen LogP contribution in [0.2, 0.25) is 0 Å². The van der Waals surface area contributed by atoms with Crippen LogP contribution < -0.4 is 0 Å². The van der Waals surface area contributed by atoms with Crippen molar-refractivity contribution >= 4 is 36.3 Å². The molecule has 62 heavy (non-hydrogen) atoms. The van der Waals surface area contributed by atoms with E-state index in [1.165, 1.54) is 32.1 Å². The molecule has 17 nitrogen and oxygen atoms in total. The summed E-state index contributed by atoms with van der Waals surface area (Å²) in [5.41, 5.74) is 0. The monoisotopic (exact) mass is 883 g/mol. The largest absolute Gasteiger partial charge is 0.464 e. The summed E-state index contributed by atoms with van der Waals surface area (Å²) >= 11 is 0. The van der Waals surface area contributed by atoms with Gasteiger partial charge in [-0.3, -0.25) is 38.7 Å². The summed E-state index contributed by atoms with van der Waals surface area (Å²) in [5.74, 6) is -3.30. The molecule has 0 bridgehead atoms. The van der Waals surface area contributed by atoms with Crippen LogP contribution in [-0.2, 0) is 61.9 Å². The van der Waals surface area contributed by atoms with Crippen LogP contribution in [0.4, 0.5) is 0 Å². The third kappa shape index (κ3) is 23.9. The number of carbonyl (C=O) groups excluding carboxylic acids is 6. The van der Waals surface area contributed by atoms with Crippen LogP contribution in [0.1, 0.15) is 73.1 Å². The van der Waals surface area contributed by atoms with Crippen LogP contribution >= 0.6 is 0 Å². The van der Waals surface area contributed by atoms with Crippen molar-refractivity contribution in [3.63, 3.8) is 0 Å². The lowest BCUT2D eigenvalue weighted by atomic mass is 9.86. The maximum Gasteiger partial charge on any atom is 0.330 e. The highest BCUT2D eigenvalue weighted by Gasteiger charge is 2.35. The van der Waals surface area contributed by atoms with E-state index in [4.69, 9.17) is 33.2 Å². The second-order valence-corrected chi connectivity index (χ2v) is 16.3. The minimum atomic E-state index is -0.736. The normalized spacial score (nSPS) is 16.4. The average molecular weight is 883 g/mol. The zero-order chi connectivity index (χ0) is 47.4. The van der Waals surface area contributed by atoms with Gasteiger partial charge in [-0.05, 0) is 81.0 Å². The minimum Gasteiger partial charge on any atom is -0.464 e. The smallest absolute Gasteiger partial charge is 0.330 e. The van der Waals surface area contributed by atoms with Gasteiger partial charge in [-0.25, -0.2) is 4.79 Å². The molecule has 0 N–H and O–H groups in total. The fourth-order valence-corrected chi connectivity index (χ4v) is 6.01. The van der Waals surface area contributed by atoms with Crippen molar-refractivity contribution in [1.29, 1.82) is 0 Å². The number of nitrogens with zero attached hydrogens (tertiary/aromatic N) is 4. The number of hydrogen-bond donors (Lipinski definition) is 0. The second-order valence-electron chi connectivity index (χ2n) is 16.3. The molecule has 0 saturated heterocycles. The summed E-state index contributed by atoms with van der Waals surface area (Å²) < 4.78 is 38.9. The molecule has 1 amide bonds. The number of rotatable bonds is 33. The molecule has 9 atom stereocenters. The molecule has 0 aromatic carbocycles. The van der Waals surface area contributed by atoms with E-state index in [0.717, 1.165) is 12.8 Å². The fourth-order valence-electron chi connectivity index (χ4n) is 6.01. The lowest BCUT2D eigenvalue weighted by Gasteiger charge is -2.34. The quantitative estimate of drug-likeness (QED) is 0.0231. The number of likely N-dealkylation sites (N-methyl/N-ethyl adjacent to an activating group) is 3. The first-order valence-electron chi connectivity index (χ1n) is 21.3. The number of allylic oxidation sites excluding steroid dienone is 2. The van der Waals surface area contributed by atoms with Crippen LogP contribution in [0, 0.1) is 17.8 Å². The third-order valence-electron chi connectivity index (χ3n) is 10.3. The standard InChI is InChI=1S/C45H78N4O13/c1-32(25-26-49(12)31-50)42(60-36(5)51)34(3)40(62-43(53)35(4)46(6)7)23-18-15-16-21-27-58-41(52)24-20-17-19-22-39(61-45(55)38(30-57-14)48(10)11)33(2)28-59-44(54)37(29-56-13)47(8)9/h19-20,22,24-26,31-35,37-40,42H,15-18,21,23,27-30H2,1-14H3/b22-19+,24-20+,26-25+/t32-,33?,34-,35?,37?,38?,39-,40-,42-/m1/s1. The van der Waals surface area contributed by atoms with Crippen molar-refractivity contribution in [1.82, 2.24) is 19.6 Å². The van der Waals surface area contributed by atoms with Gasteiger partial charge in [-0.1, -0.05) is 51.8 Å². The van der Waals surface area contributed by atoms with Crippen LogP contribution in [-0.4, -0.2) is 182 Å². The first-order valence-corrected chi connectivity index (χ1v) is 21.3. The van der Waals surface area contributed by atoms with E-state index in [0.29, 0.717) is 32.1 Å². The van der Waals surface area contributed by atoms with Crippen molar-refractivity contribution in [3.8, 4) is 0 Å². The van der Waals surface area contributed by atoms with E-state index in [9.17, 15) is 28.8 Å². The lowest BCUT2D eigenvalue weighted by molar-refractivity contribution is -0.166. The van der Waals surface area contributed by atoms with E-state index in [-0.39, 0.29) is 44.2 Å². The first kappa shape index (κ1) is 57.8. The summed E-state index contributed by atoms with van der Waals surface area (Å²) in [5, 5.41) is 0. The molecule has 0 rings (SSSR count). The maximum absolute atomic E-state index is 13.1. The zero-order valence-corrected chi connectivity index (χ0v) is 39.9. The highest BCUT2D eigenvalue weighted by atomic mass is 16.6. The van der Waals surface area contributed by atoms with Crippen molar-refractivity contribution in [2.24, 2.45) is 17.8 Å². The van der Waals surface area contributed by atoms with Crippen molar-refractivity contribution in [2.45, 2.75) is 110 Å². The summed E-state index contributed by atoms with van der Waals surface area (Å²) in [7, 11) is 15.2. The highest BCUT2D eigenvalue weighted by Crippen LogP contribution is 2.27. The van der Waals surface area contributed by atoms with E-state index >= 15 is 0 Å². The van der Waals surface area contributed by atoms with Crippen LogP contribution in [0.3, 0.4) is 0 Å². The Labute approximate surface area is 371 Å². The Morgan fingerprint density at radius 1 is 0.645 bits per heavy atom. The molecule has 17 heteroatoms. The van der Waals surface area contributed by atoms with Crippen molar-refractivity contribution < 1.29 is 61.9 Å². The maximum atomic E-state index is 13.1. The second kappa shape index (κ2) is 32.5. The van der Waals surface area contributed by atoms with Gasteiger partial charge in [0, 0.05) is 58.2 Å². The van der Waals surface area contributed by atoms with E-state index < -0.39 is 66.2 Å². The molecule has 0 fully saturated rings. The summed E-state index contributed by atoms with van der Waals surface area (Å²) in [6.07, 6.45) is 12.4. The lowest BCUT2D eigenvalue weighted by Crippen LogP contribution is -2.43. The number of ether oxygens (including phenoxy) is 7. The molecule has 356 valence electrons. The van der Waals surface area contributed by atoms with Gasteiger partial charge in [0.1, 0.15) is 36.4 Å². The van der Waals surface area contributed by atoms with Gasteiger partial charge in [0.15, 0.2) is 0 Å². The Bertz CT molecular complexity index is 1420. The Morgan fingerprint density at radius 3 is 1.79 bits per heavy atom. The SMILES string of the molecule is COCC(C(=O)OCC(C)[C@@H](/C=C/C/C=C/C(=O)OCCCCCC[C@@H](OC(=O)C(C)N(C)C)[C@@H](C)[C@H](OC(C)=O)[C@H](C)/C=C/N(C)C=O)OC(=O)C(COC)N(C)C)N(C)C. The predicted molar refractivity (Wildman–Crippen MR) is 236 cm³/mol. The Balaban J connectivity index is 5.40. The molecule has 0 saturated carbocycles. The molecular weight excluding hydrogens is 805 g/mol. The highest BCUT2D eigenvalue weighted by molar-refractivity contribution is 5.81. The van der Waals surface area contributed by atoms with Gasteiger partial charge in [0.05, 0.1) is 26.4 Å². The molecule has 0 aliphatic rings. The Morgan fingerprint density at radius 2 is 1.24 bits per heavy atom. The number of unbranched alkanes of at least 4 members (excludes halogenated alkanes) is 3. The molecule has 0 aromatic heterocycles. The van der Waals surface area contributed by atoms with Crippen LogP contribution in [0.15, 0.2) is 36.6 Å². The number of esters is 5. The molecule has 4 unspecified atom stereocenters. The molecule has 0 radical (unpaired) electrons. The molecule has 0 aliphatic carbocycles. The van der Waals surface area contributed by atoms with Crippen molar-refractivity contribution in [3.05, 3.63) is 36.6 Å². The summed E-state index contributed by atoms with van der Waals surface area (Å²) in [6.45, 7) is 9.20. The number of carbonyl (C=O) groups is 6. The Hall–Kier alpha value is -4.16. The predicted octanol–water partition coefficient (Wildman–Crippen LogP) is 3.89. The van der Waals surface area contributed by atoms with Crippen LogP contribution in [0.5, 0.6) is 0 Å². The van der Waals surface area contributed by atoms with E-state index in [1.54, 1.807) is 101 Å². The molecule has 0 aliphatic heterocycles. The molecule has 0 heterocycles. The van der Waals surface area contributed by atoms with Crippen LogP contribution in [0.25, 0.3) is 0 Å².